The van der Waals surface area contributed by atoms with Gasteiger partial charge in [0.1, 0.15) is 11.9 Å². The second-order valence-corrected chi connectivity index (χ2v) is 7.60. The smallest absolute Gasteiger partial charge is 0.321 e. The van der Waals surface area contributed by atoms with E-state index in [4.69, 9.17) is 22.4 Å². The summed E-state index contributed by atoms with van der Waals surface area (Å²) in [4.78, 5) is 11.1. The van der Waals surface area contributed by atoms with Crippen LogP contribution < -0.4 is 5.73 Å². The second-order valence-electron chi connectivity index (χ2n) is 6.02. The summed E-state index contributed by atoms with van der Waals surface area (Å²) in [7, 11) is 0. The van der Waals surface area contributed by atoms with Crippen molar-refractivity contribution in [3.05, 3.63) is 69.5 Å². The molecule has 0 saturated heterocycles. The fourth-order valence-electron chi connectivity index (χ4n) is 2.87. The first-order valence-electron chi connectivity index (χ1n) is 8.54. The van der Waals surface area contributed by atoms with Gasteiger partial charge in [-0.25, -0.2) is 4.39 Å². The highest BCUT2D eigenvalue weighted by molar-refractivity contribution is 7.99. The van der Waals surface area contributed by atoms with Crippen LogP contribution in [0.4, 0.5) is 4.39 Å². The topological polar surface area (TPSA) is 63.3 Å². The molecule has 0 amide bonds. The van der Waals surface area contributed by atoms with Crippen molar-refractivity contribution in [1.29, 1.82) is 0 Å². The summed E-state index contributed by atoms with van der Waals surface area (Å²) < 4.78 is 15.2. The Morgan fingerprint density at radius 3 is 2.38 bits per heavy atom. The molecule has 0 spiro atoms. The standard InChI is InChI=1S/C20H23ClFNO2S/c1-3-12-7-10-16(18(22)15(12)4-2)19(26-11-17(23)20(24)25)13-5-8-14(21)9-6-13/h5-10,17,19H,3-4,11,23H2,1-2H3,(H,24,25). The molecule has 0 bridgehead atoms. The van der Waals surface area contributed by atoms with Crippen LogP contribution in [0.2, 0.25) is 5.02 Å². The van der Waals surface area contributed by atoms with Crippen molar-refractivity contribution < 1.29 is 14.3 Å². The number of nitrogens with two attached hydrogens (primary N) is 1. The van der Waals surface area contributed by atoms with Crippen molar-refractivity contribution in [2.75, 3.05) is 5.75 Å². The minimum Gasteiger partial charge on any atom is -0.480 e. The zero-order chi connectivity index (χ0) is 19.3. The first-order chi connectivity index (χ1) is 12.4. The number of thioether (sulfide) groups is 1. The Hall–Kier alpha value is -1.56. The van der Waals surface area contributed by atoms with Gasteiger partial charge in [0.15, 0.2) is 0 Å². The molecular weight excluding hydrogens is 373 g/mol. The molecule has 26 heavy (non-hydrogen) atoms. The Labute approximate surface area is 162 Å². The maximum atomic E-state index is 15.2. The van der Waals surface area contributed by atoms with Crippen LogP contribution in [0.25, 0.3) is 0 Å². The summed E-state index contributed by atoms with van der Waals surface area (Å²) in [5.41, 5.74) is 8.77. The molecule has 0 saturated carbocycles. The Morgan fingerprint density at radius 1 is 1.19 bits per heavy atom. The average Bonchev–Trinajstić information content (AvgIpc) is 2.63. The fourth-order valence-corrected chi connectivity index (χ4v) is 4.25. The molecule has 0 fully saturated rings. The van der Waals surface area contributed by atoms with Crippen molar-refractivity contribution in [2.45, 2.75) is 38.0 Å². The number of carbonyl (C=O) groups is 1. The molecular formula is C20H23ClFNO2S. The minimum absolute atomic E-state index is 0.180. The Bertz CT molecular complexity index is 767. The van der Waals surface area contributed by atoms with E-state index in [1.165, 1.54) is 11.8 Å². The van der Waals surface area contributed by atoms with Gasteiger partial charge in [-0.2, -0.15) is 0 Å². The van der Waals surface area contributed by atoms with Crippen molar-refractivity contribution in [3.63, 3.8) is 0 Å². The molecule has 0 aromatic heterocycles. The van der Waals surface area contributed by atoms with Gasteiger partial charge in [-0.15, -0.1) is 11.8 Å². The quantitative estimate of drug-likeness (QED) is 0.671. The van der Waals surface area contributed by atoms with Gasteiger partial charge in [-0.3, -0.25) is 4.79 Å². The van der Waals surface area contributed by atoms with E-state index in [1.54, 1.807) is 18.2 Å². The second kappa shape index (κ2) is 9.40. The third-order valence-corrected chi connectivity index (χ3v) is 5.98. The maximum absolute atomic E-state index is 15.2. The summed E-state index contributed by atoms with van der Waals surface area (Å²) in [6, 6.07) is 9.93. The lowest BCUT2D eigenvalue weighted by Crippen LogP contribution is -2.32. The summed E-state index contributed by atoms with van der Waals surface area (Å²) >= 11 is 7.30. The normalized spacial score (nSPS) is 13.4. The molecule has 2 atom stereocenters. The summed E-state index contributed by atoms with van der Waals surface area (Å²) in [6.45, 7) is 3.94. The number of hydrogen-bond acceptors (Lipinski definition) is 3. The third kappa shape index (κ3) is 4.78. The molecule has 2 unspecified atom stereocenters. The van der Waals surface area contributed by atoms with E-state index in [9.17, 15) is 4.79 Å². The average molecular weight is 396 g/mol. The molecule has 2 rings (SSSR count). The predicted molar refractivity (Wildman–Crippen MR) is 107 cm³/mol. The monoisotopic (exact) mass is 395 g/mol. The van der Waals surface area contributed by atoms with Crippen LogP contribution in [0.5, 0.6) is 0 Å². The van der Waals surface area contributed by atoms with E-state index in [1.807, 2.05) is 32.0 Å². The molecule has 0 radical (unpaired) electrons. The zero-order valence-electron chi connectivity index (χ0n) is 14.8. The number of halogens is 2. The van der Waals surface area contributed by atoms with Crippen molar-refractivity contribution in [1.82, 2.24) is 0 Å². The number of rotatable bonds is 8. The van der Waals surface area contributed by atoms with Crippen LogP contribution in [0.3, 0.4) is 0 Å². The molecule has 3 N–H and O–H groups in total. The molecule has 0 aliphatic rings. The SMILES string of the molecule is CCc1ccc(C(SCC(N)C(=O)O)c2ccc(Cl)cc2)c(F)c1CC. The fraction of sp³-hybridized carbons (Fsp3) is 0.350. The van der Waals surface area contributed by atoms with E-state index in [2.05, 4.69) is 0 Å². The van der Waals surface area contributed by atoms with Crippen LogP contribution in [0.1, 0.15) is 41.4 Å². The van der Waals surface area contributed by atoms with E-state index < -0.39 is 12.0 Å². The van der Waals surface area contributed by atoms with Crippen LogP contribution >= 0.6 is 23.4 Å². The lowest BCUT2D eigenvalue weighted by Gasteiger charge is -2.22. The highest BCUT2D eigenvalue weighted by Crippen LogP contribution is 2.39. The maximum Gasteiger partial charge on any atom is 0.321 e. The predicted octanol–water partition coefficient (Wildman–Crippen LogP) is 4.84. The molecule has 2 aromatic rings. The Morgan fingerprint density at radius 2 is 1.85 bits per heavy atom. The van der Waals surface area contributed by atoms with E-state index in [-0.39, 0.29) is 16.8 Å². The number of hydrogen-bond donors (Lipinski definition) is 2. The number of benzene rings is 2. The van der Waals surface area contributed by atoms with E-state index >= 15 is 4.39 Å². The van der Waals surface area contributed by atoms with Gasteiger partial charge in [0.25, 0.3) is 0 Å². The first kappa shape index (κ1) is 20.7. The van der Waals surface area contributed by atoms with Crippen LogP contribution in [0, 0.1) is 5.82 Å². The van der Waals surface area contributed by atoms with Crippen molar-refractivity contribution in [2.24, 2.45) is 5.73 Å². The van der Waals surface area contributed by atoms with Gasteiger partial charge < -0.3 is 10.8 Å². The Balaban J connectivity index is 2.46. The van der Waals surface area contributed by atoms with Gasteiger partial charge in [0.05, 0.1) is 5.25 Å². The summed E-state index contributed by atoms with van der Waals surface area (Å²) in [5.74, 6) is -1.11. The summed E-state index contributed by atoms with van der Waals surface area (Å²) in [6.07, 6.45) is 1.37. The molecule has 0 aliphatic heterocycles. The van der Waals surface area contributed by atoms with Gasteiger partial charge in [0, 0.05) is 16.3 Å². The number of carboxylic acid groups (broad SMARTS) is 1. The first-order valence-corrected chi connectivity index (χ1v) is 9.97. The largest absolute Gasteiger partial charge is 0.480 e. The molecule has 6 heteroatoms. The third-order valence-electron chi connectivity index (χ3n) is 4.32. The molecule has 0 aliphatic carbocycles. The van der Waals surface area contributed by atoms with Gasteiger partial charge in [0.2, 0.25) is 0 Å². The Kier molecular flexibility index (Phi) is 7.50. The van der Waals surface area contributed by atoms with E-state index in [0.717, 1.165) is 17.5 Å². The molecule has 3 nitrogen and oxygen atoms in total. The summed E-state index contributed by atoms with van der Waals surface area (Å²) in [5, 5.41) is 9.29. The van der Waals surface area contributed by atoms with Gasteiger partial charge in [-0.1, -0.05) is 49.7 Å². The number of aliphatic carboxylic acids is 1. The lowest BCUT2D eigenvalue weighted by atomic mass is 9.95. The lowest BCUT2D eigenvalue weighted by molar-refractivity contribution is -0.137. The van der Waals surface area contributed by atoms with Crippen LogP contribution in [-0.2, 0) is 17.6 Å². The van der Waals surface area contributed by atoms with Crippen LogP contribution in [-0.4, -0.2) is 22.9 Å². The molecule has 2 aromatic carbocycles. The molecule has 0 heterocycles. The van der Waals surface area contributed by atoms with Gasteiger partial charge in [-0.05, 0) is 41.7 Å². The van der Waals surface area contributed by atoms with Crippen molar-refractivity contribution in [3.8, 4) is 0 Å². The minimum atomic E-state index is -1.07. The number of aryl methyl sites for hydroxylation is 1. The zero-order valence-corrected chi connectivity index (χ0v) is 16.4. The highest BCUT2D eigenvalue weighted by atomic mass is 35.5. The van der Waals surface area contributed by atoms with Gasteiger partial charge >= 0.3 is 5.97 Å². The van der Waals surface area contributed by atoms with Crippen molar-refractivity contribution >= 4 is 29.3 Å². The number of carboxylic acids is 1. The highest BCUT2D eigenvalue weighted by Gasteiger charge is 2.23. The van der Waals surface area contributed by atoms with E-state index in [0.29, 0.717) is 22.6 Å². The molecule has 140 valence electrons. The van der Waals surface area contributed by atoms with Crippen LogP contribution in [0.15, 0.2) is 36.4 Å².